The second-order valence-corrected chi connectivity index (χ2v) is 6.20. The van der Waals surface area contributed by atoms with E-state index in [1.165, 1.54) is 16.7 Å². The van der Waals surface area contributed by atoms with Gasteiger partial charge in [0, 0.05) is 12.1 Å². The van der Waals surface area contributed by atoms with Crippen LogP contribution in [0.25, 0.3) is 0 Å². The highest BCUT2D eigenvalue weighted by molar-refractivity contribution is 5.46. The molecule has 2 aromatic rings. The van der Waals surface area contributed by atoms with Gasteiger partial charge in [0.25, 0.3) is 0 Å². The van der Waals surface area contributed by atoms with Crippen molar-refractivity contribution in [2.45, 2.75) is 32.6 Å². The van der Waals surface area contributed by atoms with Crippen LogP contribution in [0.1, 0.15) is 37.5 Å². The zero-order valence-electron chi connectivity index (χ0n) is 12.7. The van der Waals surface area contributed by atoms with Gasteiger partial charge < -0.3 is 10.5 Å². The smallest absolute Gasteiger partial charge is 0.122 e. The molecule has 0 aliphatic heterocycles. The minimum absolute atomic E-state index is 0.136. The molecule has 2 heteroatoms. The quantitative estimate of drug-likeness (QED) is 0.849. The van der Waals surface area contributed by atoms with E-state index in [9.17, 15) is 0 Å². The summed E-state index contributed by atoms with van der Waals surface area (Å²) in [4.78, 5) is 0. The monoisotopic (exact) mass is 269 g/mol. The molecule has 0 amide bonds. The maximum absolute atomic E-state index is 5.85. The molecule has 0 unspecified atom stereocenters. The van der Waals surface area contributed by atoms with E-state index in [1.54, 1.807) is 7.11 Å². The Labute approximate surface area is 121 Å². The third kappa shape index (κ3) is 3.32. The predicted octanol–water partition coefficient (Wildman–Crippen LogP) is 4.17. The highest BCUT2D eigenvalue weighted by Gasteiger charge is 2.16. The zero-order valence-corrected chi connectivity index (χ0v) is 12.7. The summed E-state index contributed by atoms with van der Waals surface area (Å²) in [5.41, 5.74) is 10.5. The molecule has 20 heavy (non-hydrogen) atoms. The summed E-state index contributed by atoms with van der Waals surface area (Å²) in [5, 5.41) is 0. The Morgan fingerprint density at radius 3 is 2.40 bits per heavy atom. The van der Waals surface area contributed by atoms with Crippen LogP contribution in [0.15, 0.2) is 42.5 Å². The number of ether oxygens (including phenoxy) is 1. The van der Waals surface area contributed by atoms with Crippen molar-refractivity contribution in [1.29, 1.82) is 0 Å². The summed E-state index contributed by atoms with van der Waals surface area (Å²) in [6.45, 7) is 6.66. The Kier molecular flexibility index (Phi) is 4.03. The minimum atomic E-state index is 0.136. The first-order valence-corrected chi connectivity index (χ1v) is 6.92. The van der Waals surface area contributed by atoms with E-state index in [-0.39, 0.29) is 5.41 Å². The Balaban J connectivity index is 2.38. The highest BCUT2D eigenvalue weighted by Crippen LogP contribution is 2.29. The molecule has 106 valence electrons. The largest absolute Gasteiger partial charge is 0.496 e. The number of hydrogen-bond donors (Lipinski definition) is 1. The van der Waals surface area contributed by atoms with Gasteiger partial charge in [-0.05, 0) is 40.3 Å². The highest BCUT2D eigenvalue weighted by atomic mass is 16.5. The molecule has 0 aliphatic carbocycles. The molecular formula is C18H23NO. The van der Waals surface area contributed by atoms with Crippen molar-refractivity contribution in [2.24, 2.45) is 0 Å². The molecule has 0 atom stereocenters. The predicted molar refractivity (Wildman–Crippen MR) is 85.4 cm³/mol. The Morgan fingerprint density at radius 1 is 1.05 bits per heavy atom. The number of rotatable bonds is 3. The van der Waals surface area contributed by atoms with Gasteiger partial charge in [0.15, 0.2) is 0 Å². The number of hydrogen-bond acceptors (Lipinski definition) is 2. The summed E-state index contributed by atoms with van der Waals surface area (Å²) in [5.74, 6) is 0.931. The van der Waals surface area contributed by atoms with Crippen molar-refractivity contribution >= 4 is 5.69 Å². The summed E-state index contributed by atoms with van der Waals surface area (Å²) in [7, 11) is 1.72. The second kappa shape index (κ2) is 5.58. The van der Waals surface area contributed by atoms with E-state index >= 15 is 0 Å². The van der Waals surface area contributed by atoms with Crippen LogP contribution in [0, 0.1) is 0 Å². The molecular weight excluding hydrogens is 246 g/mol. The molecule has 0 aliphatic rings. The van der Waals surface area contributed by atoms with Crippen molar-refractivity contribution in [3.8, 4) is 5.75 Å². The fourth-order valence-electron chi connectivity index (χ4n) is 2.31. The minimum Gasteiger partial charge on any atom is -0.496 e. The van der Waals surface area contributed by atoms with Crippen molar-refractivity contribution in [2.75, 3.05) is 12.8 Å². The van der Waals surface area contributed by atoms with E-state index in [0.29, 0.717) is 0 Å². The van der Waals surface area contributed by atoms with E-state index in [4.69, 9.17) is 10.5 Å². The first-order valence-electron chi connectivity index (χ1n) is 6.92. The molecule has 0 spiro atoms. The molecule has 0 fully saturated rings. The summed E-state index contributed by atoms with van der Waals surface area (Å²) < 4.78 is 5.48. The van der Waals surface area contributed by atoms with E-state index in [2.05, 4.69) is 45.0 Å². The van der Waals surface area contributed by atoms with Gasteiger partial charge in [-0.15, -0.1) is 0 Å². The average molecular weight is 269 g/mol. The van der Waals surface area contributed by atoms with E-state index in [0.717, 1.165) is 17.9 Å². The maximum atomic E-state index is 5.85. The molecule has 0 heterocycles. The lowest BCUT2D eigenvalue weighted by atomic mass is 9.85. The maximum Gasteiger partial charge on any atom is 0.122 e. The first kappa shape index (κ1) is 14.4. The summed E-state index contributed by atoms with van der Waals surface area (Å²) in [6.07, 6.45) is 0.831. The Bertz CT molecular complexity index is 597. The van der Waals surface area contributed by atoms with Crippen LogP contribution in [0.5, 0.6) is 5.75 Å². The normalized spacial score (nSPS) is 11.4. The lowest BCUT2D eigenvalue weighted by Crippen LogP contribution is -2.11. The fourth-order valence-corrected chi connectivity index (χ4v) is 2.31. The second-order valence-electron chi connectivity index (χ2n) is 6.20. The molecule has 0 aromatic heterocycles. The summed E-state index contributed by atoms with van der Waals surface area (Å²) in [6, 6.07) is 14.5. The standard InChI is InChI=1S/C18H23NO/c1-18(2,3)15-8-9-17(20-4)14(12-15)10-13-6-5-7-16(19)11-13/h5-9,11-12H,10,19H2,1-4H3. The molecule has 2 rings (SSSR count). The SMILES string of the molecule is COc1ccc(C(C)(C)C)cc1Cc1cccc(N)c1. The lowest BCUT2D eigenvalue weighted by Gasteiger charge is -2.21. The van der Waals surface area contributed by atoms with Gasteiger partial charge in [-0.2, -0.15) is 0 Å². The summed E-state index contributed by atoms with van der Waals surface area (Å²) >= 11 is 0. The van der Waals surface area contributed by atoms with Crippen molar-refractivity contribution in [1.82, 2.24) is 0 Å². The lowest BCUT2D eigenvalue weighted by molar-refractivity contribution is 0.410. The topological polar surface area (TPSA) is 35.2 Å². The van der Waals surface area contributed by atoms with Gasteiger partial charge >= 0.3 is 0 Å². The molecule has 0 bridgehead atoms. The molecule has 0 saturated heterocycles. The van der Waals surface area contributed by atoms with Crippen LogP contribution >= 0.6 is 0 Å². The van der Waals surface area contributed by atoms with E-state index < -0.39 is 0 Å². The van der Waals surface area contributed by atoms with Crippen LogP contribution in [0.4, 0.5) is 5.69 Å². The van der Waals surface area contributed by atoms with Crippen molar-refractivity contribution < 1.29 is 4.74 Å². The third-order valence-electron chi connectivity index (χ3n) is 3.49. The van der Waals surface area contributed by atoms with Crippen LogP contribution in [-0.4, -0.2) is 7.11 Å². The van der Waals surface area contributed by atoms with Crippen molar-refractivity contribution in [3.63, 3.8) is 0 Å². The Hall–Kier alpha value is -1.96. The fraction of sp³-hybridized carbons (Fsp3) is 0.333. The molecule has 2 N–H and O–H groups in total. The van der Waals surface area contributed by atoms with Gasteiger partial charge in [0.1, 0.15) is 5.75 Å². The van der Waals surface area contributed by atoms with Crippen LogP contribution in [-0.2, 0) is 11.8 Å². The Morgan fingerprint density at radius 2 is 1.80 bits per heavy atom. The average Bonchev–Trinajstić information content (AvgIpc) is 2.37. The van der Waals surface area contributed by atoms with Gasteiger partial charge in [0.2, 0.25) is 0 Å². The van der Waals surface area contributed by atoms with E-state index in [1.807, 2.05) is 18.2 Å². The van der Waals surface area contributed by atoms with Gasteiger partial charge in [-0.1, -0.05) is 45.0 Å². The van der Waals surface area contributed by atoms with Gasteiger partial charge in [-0.3, -0.25) is 0 Å². The van der Waals surface area contributed by atoms with Crippen molar-refractivity contribution in [3.05, 3.63) is 59.2 Å². The first-order chi connectivity index (χ1) is 9.40. The van der Waals surface area contributed by atoms with Crippen LogP contribution < -0.4 is 10.5 Å². The third-order valence-corrected chi connectivity index (χ3v) is 3.49. The number of benzene rings is 2. The van der Waals surface area contributed by atoms with Crippen LogP contribution in [0.3, 0.4) is 0 Å². The molecule has 2 nitrogen and oxygen atoms in total. The molecule has 0 radical (unpaired) electrons. The molecule has 0 saturated carbocycles. The number of anilines is 1. The number of nitrogen functional groups attached to an aromatic ring is 1. The van der Waals surface area contributed by atoms with Gasteiger partial charge in [-0.25, -0.2) is 0 Å². The molecule has 2 aromatic carbocycles. The van der Waals surface area contributed by atoms with Gasteiger partial charge in [0.05, 0.1) is 7.11 Å². The zero-order chi connectivity index (χ0) is 14.8. The number of nitrogens with two attached hydrogens (primary N) is 1. The van der Waals surface area contributed by atoms with Crippen LogP contribution in [0.2, 0.25) is 0 Å². The number of methoxy groups -OCH3 is 1.